The molecule has 0 saturated heterocycles. The highest BCUT2D eigenvalue weighted by Crippen LogP contribution is 2.34. The number of benzene rings is 1. The first-order valence-electron chi connectivity index (χ1n) is 5.79. The molecule has 0 aliphatic heterocycles. The van der Waals surface area contributed by atoms with Crippen molar-refractivity contribution in [3.63, 3.8) is 0 Å². The van der Waals surface area contributed by atoms with Gasteiger partial charge < -0.3 is 0 Å². The van der Waals surface area contributed by atoms with E-state index in [-0.39, 0.29) is 0 Å². The van der Waals surface area contributed by atoms with Gasteiger partial charge in [0.25, 0.3) is 0 Å². The van der Waals surface area contributed by atoms with Gasteiger partial charge in [0.15, 0.2) is 10.8 Å². The Labute approximate surface area is 109 Å². The minimum atomic E-state index is 0.733. The van der Waals surface area contributed by atoms with E-state index in [9.17, 15) is 0 Å². The van der Waals surface area contributed by atoms with Gasteiger partial charge in [0, 0.05) is 0 Å². The van der Waals surface area contributed by atoms with Gasteiger partial charge in [0.2, 0.25) is 0 Å². The van der Waals surface area contributed by atoms with Crippen LogP contribution in [0, 0.1) is 0 Å². The van der Waals surface area contributed by atoms with Crippen molar-refractivity contribution in [2.45, 2.75) is 13.3 Å². The van der Waals surface area contributed by atoms with Gasteiger partial charge in [-0.3, -0.25) is 5.10 Å². The van der Waals surface area contributed by atoms with Crippen LogP contribution in [0.25, 0.3) is 21.3 Å². The number of aryl methyl sites for hydroxylation is 1. The van der Waals surface area contributed by atoms with Gasteiger partial charge in [-0.05, 0) is 12.0 Å². The third kappa shape index (κ3) is 1.93. The molecule has 4 nitrogen and oxygen atoms in total. The first-order valence-corrected chi connectivity index (χ1v) is 6.61. The van der Waals surface area contributed by atoms with E-state index in [1.54, 1.807) is 11.3 Å². The van der Waals surface area contributed by atoms with Gasteiger partial charge in [0.1, 0.15) is 6.33 Å². The summed E-state index contributed by atoms with van der Waals surface area (Å²) in [6, 6.07) is 10.3. The van der Waals surface area contributed by atoms with Gasteiger partial charge in [-0.2, -0.15) is 5.10 Å². The fraction of sp³-hybridized carbons (Fsp3) is 0.154. The van der Waals surface area contributed by atoms with E-state index < -0.39 is 0 Å². The van der Waals surface area contributed by atoms with Crippen LogP contribution in [0.2, 0.25) is 0 Å². The molecule has 0 unspecified atom stereocenters. The second-order valence-electron chi connectivity index (χ2n) is 3.85. The van der Waals surface area contributed by atoms with Crippen molar-refractivity contribution < 1.29 is 0 Å². The van der Waals surface area contributed by atoms with Crippen LogP contribution in [0.4, 0.5) is 0 Å². The summed E-state index contributed by atoms with van der Waals surface area (Å²) in [7, 11) is 0. The molecule has 2 heterocycles. The third-order valence-corrected chi connectivity index (χ3v) is 3.84. The van der Waals surface area contributed by atoms with E-state index >= 15 is 0 Å². The van der Waals surface area contributed by atoms with Gasteiger partial charge in [0.05, 0.1) is 10.6 Å². The van der Waals surface area contributed by atoms with Crippen molar-refractivity contribution in [1.82, 2.24) is 20.2 Å². The Morgan fingerprint density at radius 2 is 2.06 bits per heavy atom. The summed E-state index contributed by atoms with van der Waals surface area (Å²) in [6.07, 6.45) is 2.42. The zero-order valence-corrected chi connectivity index (χ0v) is 10.7. The Hall–Kier alpha value is -2.01. The number of nitrogens with one attached hydrogen (secondary N) is 1. The molecule has 5 heteroatoms. The number of rotatable bonds is 3. The Balaban J connectivity index is 2.10. The molecule has 0 saturated carbocycles. The van der Waals surface area contributed by atoms with Gasteiger partial charge in [-0.15, -0.1) is 11.3 Å². The Bertz CT molecular complexity index is 628. The third-order valence-electron chi connectivity index (χ3n) is 2.69. The topological polar surface area (TPSA) is 54.5 Å². The number of hydrogen-bond donors (Lipinski definition) is 1. The van der Waals surface area contributed by atoms with Crippen LogP contribution in [0.5, 0.6) is 0 Å². The van der Waals surface area contributed by atoms with Crippen LogP contribution < -0.4 is 0 Å². The quantitative estimate of drug-likeness (QED) is 0.783. The van der Waals surface area contributed by atoms with Crippen LogP contribution in [-0.2, 0) is 6.42 Å². The minimum absolute atomic E-state index is 0.733. The average molecular weight is 256 g/mol. The molecule has 0 fully saturated rings. The van der Waals surface area contributed by atoms with E-state index in [0.717, 1.165) is 22.9 Å². The van der Waals surface area contributed by atoms with Crippen LogP contribution >= 0.6 is 11.3 Å². The van der Waals surface area contributed by atoms with Crippen LogP contribution in [0.3, 0.4) is 0 Å². The molecule has 90 valence electrons. The van der Waals surface area contributed by atoms with E-state index in [1.807, 2.05) is 18.2 Å². The molecule has 2 aromatic heterocycles. The van der Waals surface area contributed by atoms with Crippen molar-refractivity contribution in [3.8, 4) is 21.3 Å². The normalized spacial score (nSPS) is 10.7. The molecule has 3 rings (SSSR count). The molecule has 18 heavy (non-hydrogen) atoms. The molecule has 0 radical (unpaired) electrons. The van der Waals surface area contributed by atoms with Crippen molar-refractivity contribution in [1.29, 1.82) is 0 Å². The lowest BCUT2D eigenvalue weighted by Gasteiger charge is -1.98. The number of hydrogen-bond acceptors (Lipinski definition) is 4. The van der Waals surface area contributed by atoms with Crippen LogP contribution in [-0.4, -0.2) is 20.2 Å². The number of H-pyrrole nitrogens is 1. The molecule has 0 spiro atoms. The number of thiazole rings is 1. The average Bonchev–Trinajstić information content (AvgIpc) is 3.08. The maximum atomic E-state index is 4.63. The number of nitrogens with zero attached hydrogens (tertiary/aromatic N) is 3. The summed E-state index contributed by atoms with van der Waals surface area (Å²) < 4.78 is 0. The SMILES string of the molecule is CCc1nc(-c2ncn[nH]2)sc1-c1ccccc1. The van der Waals surface area contributed by atoms with E-state index in [4.69, 9.17) is 0 Å². The van der Waals surface area contributed by atoms with Crippen LogP contribution in [0.15, 0.2) is 36.7 Å². The fourth-order valence-electron chi connectivity index (χ4n) is 1.82. The number of aromatic amines is 1. The maximum Gasteiger partial charge on any atom is 0.184 e. The highest BCUT2D eigenvalue weighted by atomic mass is 32.1. The molecule has 1 N–H and O–H groups in total. The van der Waals surface area contributed by atoms with Crippen molar-refractivity contribution in [3.05, 3.63) is 42.4 Å². The van der Waals surface area contributed by atoms with Crippen LogP contribution in [0.1, 0.15) is 12.6 Å². The summed E-state index contributed by atoms with van der Waals surface area (Å²) in [5, 5.41) is 7.61. The Kier molecular flexibility index (Phi) is 2.90. The summed E-state index contributed by atoms with van der Waals surface area (Å²) in [5.74, 6) is 0.733. The fourth-order valence-corrected chi connectivity index (χ4v) is 2.92. The highest BCUT2D eigenvalue weighted by molar-refractivity contribution is 7.18. The highest BCUT2D eigenvalue weighted by Gasteiger charge is 2.14. The van der Waals surface area contributed by atoms with E-state index in [2.05, 4.69) is 39.2 Å². The lowest BCUT2D eigenvalue weighted by Crippen LogP contribution is -1.85. The van der Waals surface area contributed by atoms with Gasteiger partial charge in [-0.25, -0.2) is 9.97 Å². The first-order chi connectivity index (χ1) is 8.88. The molecule has 0 aliphatic rings. The first kappa shape index (κ1) is 11.1. The molecule has 0 aliphatic carbocycles. The molecular weight excluding hydrogens is 244 g/mol. The summed E-state index contributed by atoms with van der Waals surface area (Å²) in [6.45, 7) is 2.12. The van der Waals surface area contributed by atoms with Crippen molar-refractivity contribution in [2.75, 3.05) is 0 Å². The summed E-state index contributed by atoms with van der Waals surface area (Å²) >= 11 is 1.65. The second kappa shape index (κ2) is 4.70. The standard InChI is InChI=1S/C13H12N4S/c1-2-10-11(9-6-4-3-5-7-9)18-13(16-10)12-14-8-15-17-12/h3-8H,2H2,1H3,(H,14,15,17). The molecule has 1 aromatic carbocycles. The predicted molar refractivity (Wildman–Crippen MR) is 72.3 cm³/mol. The lowest BCUT2D eigenvalue weighted by atomic mass is 10.1. The maximum absolute atomic E-state index is 4.63. The van der Waals surface area contributed by atoms with Crippen molar-refractivity contribution in [2.24, 2.45) is 0 Å². The van der Waals surface area contributed by atoms with E-state index in [0.29, 0.717) is 0 Å². The van der Waals surface area contributed by atoms with Gasteiger partial charge in [-0.1, -0.05) is 37.3 Å². The molecular formula is C13H12N4S. The largest absolute Gasteiger partial charge is 0.257 e. The molecule has 0 amide bonds. The zero-order chi connectivity index (χ0) is 12.4. The van der Waals surface area contributed by atoms with Crippen molar-refractivity contribution >= 4 is 11.3 Å². The second-order valence-corrected chi connectivity index (χ2v) is 4.85. The zero-order valence-electron chi connectivity index (χ0n) is 9.92. The molecule has 3 aromatic rings. The van der Waals surface area contributed by atoms with Gasteiger partial charge >= 0.3 is 0 Å². The Morgan fingerprint density at radius 1 is 1.22 bits per heavy atom. The molecule has 0 bridgehead atoms. The monoisotopic (exact) mass is 256 g/mol. The van der Waals surface area contributed by atoms with E-state index in [1.165, 1.54) is 16.8 Å². The smallest absolute Gasteiger partial charge is 0.184 e. The Morgan fingerprint density at radius 3 is 2.72 bits per heavy atom. The lowest BCUT2D eigenvalue weighted by molar-refractivity contribution is 1.05. The summed E-state index contributed by atoms with van der Waals surface area (Å²) in [5.41, 5.74) is 2.32. The minimum Gasteiger partial charge on any atom is -0.257 e. The molecule has 0 atom stereocenters. The summed E-state index contributed by atoms with van der Waals surface area (Å²) in [4.78, 5) is 9.99. The number of aromatic nitrogens is 4. The predicted octanol–water partition coefficient (Wildman–Crippen LogP) is 3.16.